The molecule has 0 spiro atoms. The van der Waals surface area contributed by atoms with Crippen LogP contribution in [0.15, 0.2) is 42.0 Å². The molecule has 148 valence electrons. The first-order valence-electron chi connectivity index (χ1n) is 9.52. The zero-order chi connectivity index (χ0) is 18.4. The highest BCUT2D eigenvalue weighted by atomic mass is 127. The molecule has 1 saturated heterocycles. The summed E-state index contributed by atoms with van der Waals surface area (Å²) in [5.41, 5.74) is 1.58. The largest absolute Gasteiger partial charge is 0.352 e. The van der Waals surface area contributed by atoms with Crippen LogP contribution in [0.1, 0.15) is 45.1 Å². The summed E-state index contributed by atoms with van der Waals surface area (Å²) in [6.07, 6.45) is 12.3. The Labute approximate surface area is 179 Å². The van der Waals surface area contributed by atoms with Gasteiger partial charge in [0.15, 0.2) is 5.96 Å². The van der Waals surface area contributed by atoms with E-state index in [2.05, 4.69) is 45.1 Å². The number of aliphatic imine (C=N–C) groups is 1. The van der Waals surface area contributed by atoms with Crippen molar-refractivity contribution in [3.63, 3.8) is 0 Å². The number of rotatable bonds is 5. The molecule has 0 aromatic carbocycles. The van der Waals surface area contributed by atoms with Gasteiger partial charge in [-0.2, -0.15) is 0 Å². The quantitative estimate of drug-likeness (QED) is 0.400. The number of aromatic nitrogens is 3. The van der Waals surface area contributed by atoms with Gasteiger partial charge in [-0.1, -0.05) is 20.3 Å². The first-order valence-corrected chi connectivity index (χ1v) is 9.52. The van der Waals surface area contributed by atoms with E-state index in [1.807, 2.05) is 30.1 Å². The molecule has 1 N–H and O–H groups in total. The molecule has 2 aromatic heterocycles. The smallest absolute Gasteiger partial charge is 0.193 e. The molecule has 0 radical (unpaired) electrons. The van der Waals surface area contributed by atoms with Gasteiger partial charge in [0.05, 0.1) is 0 Å². The molecule has 1 aliphatic heterocycles. The molecule has 3 heterocycles. The van der Waals surface area contributed by atoms with E-state index in [4.69, 9.17) is 0 Å². The van der Waals surface area contributed by atoms with Crippen molar-refractivity contribution in [3.8, 4) is 5.82 Å². The van der Waals surface area contributed by atoms with Gasteiger partial charge in [0.1, 0.15) is 12.1 Å². The maximum Gasteiger partial charge on any atom is 0.193 e. The van der Waals surface area contributed by atoms with E-state index in [9.17, 15) is 0 Å². The van der Waals surface area contributed by atoms with E-state index in [-0.39, 0.29) is 24.0 Å². The minimum absolute atomic E-state index is 0. The number of pyridine rings is 1. The molecule has 7 heteroatoms. The number of nitrogens with zero attached hydrogens (tertiary/aromatic N) is 5. The molecular formula is C20H31IN6. The van der Waals surface area contributed by atoms with E-state index in [1.165, 1.54) is 31.2 Å². The summed E-state index contributed by atoms with van der Waals surface area (Å²) >= 11 is 0. The van der Waals surface area contributed by atoms with Gasteiger partial charge in [-0.05, 0) is 42.4 Å². The van der Waals surface area contributed by atoms with Crippen molar-refractivity contribution in [1.82, 2.24) is 24.8 Å². The molecule has 2 aromatic rings. The molecule has 0 bridgehead atoms. The number of imidazole rings is 1. The fourth-order valence-electron chi connectivity index (χ4n) is 3.92. The zero-order valence-corrected chi connectivity index (χ0v) is 18.9. The summed E-state index contributed by atoms with van der Waals surface area (Å²) in [7, 11) is 1.87. The summed E-state index contributed by atoms with van der Waals surface area (Å²) in [6, 6.07) is 4.12. The number of guanidine groups is 1. The third kappa shape index (κ3) is 5.67. The maximum atomic E-state index is 4.53. The van der Waals surface area contributed by atoms with Crippen molar-refractivity contribution in [2.45, 2.75) is 46.1 Å². The predicted octanol–water partition coefficient (Wildman–Crippen LogP) is 3.86. The lowest BCUT2D eigenvalue weighted by molar-refractivity contribution is 0.142. The maximum absolute atomic E-state index is 4.53. The predicted molar refractivity (Wildman–Crippen MR) is 121 cm³/mol. The summed E-state index contributed by atoms with van der Waals surface area (Å²) < 4.78 is 1.92. The van der Waals surface area contributed by atoms with Crippen molar-refractivity contribution in [1.29, 1.82) is 0 Å². The Morgan fingerprint density at radius 2 is 2.22 bits per heavy atom. The number of nitrogens with one attached hydrogen (secondary N) is 1. The van der Waals surface area contributed by atoms with Crippen molar-refractivity contribution >= 4 is 29.9 Å². The van der Waals surface area contributed by atoms with Crippen LogP contribution in [0.25, 0.3) is 5.82 Å². The first kappa shape index (κ1) is 21.7. The molecule has 3 rings (SSSR count). The van der Waals surface area contributed by atoms with Gasteiger partial charge in [-0.15, -0.1) is 24.0 Å². The molecule has 0 amide bonds. The van der Waals surface area contributed by atoms with E-state index in [0.717, 1.165) is 31.4 Å². The second-order valence-electron chi connectivity index (χ2n) is 7.48. The van der Waals surface area contributed by atoms with E-state index >= 15 is 0 Å². The molecule has 1 atom stereocenters. The zero-order valence-electron chi connectivity index (χ0n) is 16.6. The molecule has 0 saturated carbocycles. The average molecular weight is 482 g/mol. The Kier molecular flexibility index (Phi) is 8.07. The topological polar surface area (TPSA) is 58.3 Å². The van der Waals surface area contributed by atoms with Crippen LogP contribution in [0.3, 0.4) is 0 Å². The van der Waals surface area contributed by atoms with Gasteiger partial charge in [-0.25, -0.2) is 9.97 Å². The molecule has 27 heavy (non-hydrogen) atoms. The Morgan fingerprint density at radius 3 is 2.93 bits per heavy atom. The Bertz CT molecular complexity index is 726. The SMILES string of the molecule is CCCC1(C)CCCN(C(=NC)NCc2ccnc(-n3ccnc3)c2)C1.I. The fourth-order valence-corrected chi connectivity index (χ4v) is 3.92. The van der Waals surface area contributed by atoms with Gasteiger partial charge in [0.25, 0.3) is 0 Å². The third-order valence-electron chi connectivity index (χ3n) is 5.18. The third-order valence-corrected chi connectivity index (χ3v) is 5.18. The van der Waals surface area contributed by atoms with Crippen LogP contribution in [0.5, 0.6) is 0 Å². The number of hydrogen-bond donors (Lipinski definition) is 1. The molecule has 0 aliphatic carbocycles. The molecule has 1 fully saturated rings. The number of hydrogen-bond acceptors (Lipinski definition) is 3. The van der Waals surface area contributed by atoms with Gasteiger partial charge < -0.3 is 10.2 Å². The van der Waals surface area contributed by atoms with Crippen LogP contribution in [-0.2, 0) is 6.54 Å². The first-order chi connectivity index (χ1) is 12.6. The van der Waals surface area contributed by atoms with E-state index in [1.54, 1.807) is 12.5 Å². The Balaban J connectivity index is 0.00000261. The highest BCUT2D eigenvalue weighted by molar-refractivity contribution is 14.0. The average Bonchev–Trinajstić information content (AvgIpc) is 3.17. The van der Waals surface area contributed by atoms with Crippen LogP contribution < -0.4 is 5.32 Å². The lowest BCUT2D eigenvalue weighted by Crippen LogP contribution is -2.49. The minimum Gasteiger partial charge on any atom is -0.352 e. The van der Waals surface area contributed by atoms with Crippen LogP contribution in [0, 0.1) is 5.41 Å². The highest BCUT2D eigenvalue weighted by Crippen LogP contribution is 2.33. The highest BCUT2D eigenvalue weighted by Gasteiger charge is 2.31. The Morgan fingerprint density at radius 1 is 1.37 bits per heavy atom. The minimum atomic E-state index is 0. The van der Waals surface area contributed by atoms with Crippen LogP contribution in [0.4, 0.5) is 0 Å². The van der Waals surface area contributed by atoms with Gasteiger partial charge in [0.2, 0.25) is 0 Å². The number of piperidine rings is 1. The van der Waals surface area contributed by atoms with Crippen LogP contribution >= 0.6 is 24.0 Å². The van der Waals surface area contributed by atoms with Crippen molar-refractivity contribution in [2.75, 3.05) is 20.1 Å². The molecule has 1 aliphatic rings. The van der Waals surface area contributed by atoms with Crippen molar-refractivity contribution < 1.29 is 0 Å². The van der Waals surface area contributed by atoms with Gasteiger partial charge in [-0.3, -0.25) is 9.56 Å². The van der Waals surface area contributed by atoms with Crippen molar-refractivity contribution in [2.24, 2.45) is 10.4 Å². The summed E-state index contributed by atoms with van der Waals surface area (Å²) in [5.74, 6) is 1.87. The van der Waals surface area contributed by atoms with E-state index in [0.29, 0.717) is 5.41 Å². The summed E-state index contributed by atoms with van der Waals surface area (Å²) in [5, 5.41) is 3.53. The normalized spacial score (nSPS) is 20.3. The lowest BCUT2D eigenvalue weighted by Gasteiger charge is -2.42. The standard InChI is InChI=1S/C20H30N6.HI/c1-4-7-20(2)8-5-11-25(15-20)19(21-3)24-14-17-6-9-23-18(13-17)26-12-10-22-16-26;/h6,9-10,12-13,16H,4-5,7-8,11,14-15H2,1-3H3,(H,21,24);1H. The molecule has 6 nitrogen and oxygen atoms in total. The summed E-state index contributed by atoms with van der Waals surface area (Å²) in [6.45, 7) is 7.58. The summed E-state index contributed by atoms with van der Waals surface area (Å²) in [4.78, 5) is 15.4. The van der Waals surface area contributed by atoms with Gasteiger partial charge >= 0.3 is 0 Å². The number of halogens is 1. The fraction of sp³-hybridized carbons (Fsp3) is 0.550. The van der Waals surface area contributed by atoms with Gasteiger partial charge in [0, 0.05) is 45.3 Å². The van der Waals surface area contributed by atoms with E-state index < -0.39 is 0 Å². The lowest BCUT2D eigenvalue weighted by atomic mass is 9.78. The monoisotopic (exact) mass is 482 g/mol. The second kappa shape index (κ2) is 10.1. The number of likely N-dealkylation sites (tertiary alicyclic amines) is 1. The van der Waals surface area contributed by atoms with Crippen LogP contribution in [-0.4, -0.2) is 45.5 Å². The second-order valence-corrected chi connectivity index (χ2v) is 7.48. The van der Waals surface area contributed by atoms with Crippen LogP contribution in [0.2, 0.25) is 0 Å². The molecule has 1 unspecified atom stereocenters. The molecular weight excluding hydrogens is 451 g/mol. The Hall–Kier alpha value is -1.64. The van der Waals surface area contributed by atoms with Crippen molar-refractivity contribution in [3.05, 3.63) is 42.6 Å².